The Morgan fingerprint density at radius 3 is 2.61 bits per heavy atom. The van der Waals surface area contributed by atoms with E-state index >= 15 is 0 Å². The van der Waals surface area contributed by atoms with Gasteiger partial charge in [0.25, 0.3) is 0 Å². The Balaban J connectivity index is 1.61. The summed E-state index contributed by atoms with van der Waals surface area (Å²) in [6.45, 7) is 2.33. The molecule has 2 aliphatic rings. The number of nitrogens with one attached hydrogen (secondary N) is 1. The fourth-order valence-electron chi connectivity index (χ4n) is 3.56. The first kappa shape index (κ1) is 16.3. The Morgan fingerprint density at radius 1 is 1.35 bits per heavy atom. The predicted molar refractivity (Wildman–Crippen MR) is 93.7 cm³/mol. The van der Waals surface area contributed by atoms with E-state index in [-0.39, 0.29) is 11.6 Å². The molecule has 0 bridgehead atoms. The number of aliphatic imine (C=N–C) groups is 1. The van der Waals surface area contributed by atoms with Crippen molar-refractivity contribution in [2.45, 2.75) is 37.3 Å². The quantitative estimate of drug-likeness (QED) is 0.632. The highest BCUT2D eigenvalue weighted by Crippen LogP contribution is 2.33. The minimum absolute atomic E-state index is 0.0276. The van der Waals surface area contributed by atoms with Crippen LogP contribution >= 0.6 is 0 Å². The third kappa shape index (κ3) is 3.67. The topological polar surface area (TPSA) is 62.9 Å². The van der Waals surface area contributed by atoms with Crippen LogP contribution in [0.15, 0.2) is 29.3 Å². The summed E-state index contributed by atoms with van der Waals surface area (Å²) in [6, 6.07) is 8.68. The van der Waals surface area contributed by atoms with E-state index in [4.69, 9.17) is 10.5 Å². The van der Waals surface area contributed by atoms with Gasteiger partial charge in [-0.25, -0.2) is 0 Å². The minimum Gasteiger partial charge on any atom is -0.376 e. The molecule has 0 aromatic heterocycles. The van der Waals surface area contributed by atoms with Gasteiger partial charge < -0.3 is 20.7 Å². The third-order valence-electron chi connectivity index (χ3n) is 5.18. The van der Waals surface area contributed by atoms with Crippen LogP contribution in [0.3, 0.4) is 0 Å². The monoisotopic (exact) mass is 316 g/mol. The summed E-state index contributed by atoms with van der Waals surface area (Å²) >= 11 is 0. The van der Waals surface area contributed by atoms with Gasteiger partial charge in [0.2, 0.25) is 0 Å². The number of ether oxygens (including phenoxy) is 1. The van der Waals surface area contributed by atoms with Gasteiger partial charge in [0.1, 0.15) is 0 Å². The number of rotatable bonds is 5. The van der Waals surface area contributed by atoms with E-state index in [0.29, 0.717) is 12.5 Å². The van der Waals surface area contributed by atoms with Gasteiger partial charge in [0, 0.05) is 18.7 Å². The maximum absolute atomic E-state index is 6.06. The number of nitrogens with two attached hydrogens (primary N) is 1. The molecule has 1 aromatic carbocycles. The van der Waals surface area contributed by atoms with Crippen molar-refractivity contribution in [2.75, 3.05) is 33.8 Å². The Hall–Kier alpha value is -1.59. The van der Waals surface area contributed by atoms with E-state index in [1.165, 1.54) is 11.1 Å². The highest BCUT2D eigenvalue weighted by atomic mass is 16.5. The fraction of sp³-hybridized carbons (Fsp3) is 0.611. The van der Waals surface area contributed by atoms with Gasteiger partial charge in [-0.05, 0) is 50.9 Å². The first-order valence-corrected chi connectivity index (χ1v) is 8.49. The molecule has 1 aliphatic heterocycles. The molecule has 0 saturated carbocycles. The largest absolute Gasteiger partial charge is 0.376 e. The smallest absolute Gasteiger partial charge is 0.188 e. The number of nitrogens with zero attached hydrogens (tertiary/aromatic N) is 2. The van der Waals surface area contributed by atoms with Gasteiger partial charge in [-0.1, -0.05) is 24.3 Å². The molecule has 1 unspecified atom stereocenters. The van der Waals surface area contributed by atoms with Crippen molar-refractivity contribution in [2.24, 2.45) is 10.7 Å². The fourth-order valence-corrected chi connectivity index (χ4v) is 3.56. The van der Waals surface area contributed by atoms with Crippen molar-refractivity contribution in [1.82, 2.24) is 10.2 Å². The van der Waals surface area contributed by atoms with Crippen LogP contribution in [-0.4, -0.2) is 56.3 Å². The van der Waals surface area contributed by atoms with Crippen LogP contribution in [0.5, 0.6) is 0 Å². The van der Waals surface area contributed by atoms with Gasteiger partial charge >= 0.3 is 0 Å². The number of hydrogen-bond acceptors (Lipinski definition) is 3. The molecule has 23 heavy (non-hydrogen) atoms. The molecule has 1 saturated heterocycles. The Kier molecular flexibility index (Phi) is 4.87. The van der Waals surface area contributed by atoms with Crippen LogP contribution in [-0.2, 0) is 17.6 Å². The molecule has 0 amide bonds. The van der Waals surface area contributed by atoms with Crippen molar-refractivity contribution < 1.29 is 4.74 Å². The predicted octanol–water partition coefficient (Wildman–Crippen LogP) is 1.17. The molecule has 3 rings (SSSR count). The summed E-state index contributed by atoms with van der Waals surface area (Å²) in [5.74, 6) is 0.526. The Labute approximate surface area is 138 Å². The van der Waals surface area contributed by atoms with Crippen molar-refractivity contribution >= 4 is 5.96 Å². The van der Waals surface area contributed by atoms with Crippen molar-refractivity contribution in [3.8, 4) is 0 Å². The first-order chi connectivity index (χ1) is 11.1. The molecule has 126 valence electrons. The van der Waals surface area contributed by atoms with Crippen LogP contribution in [0.2, 0.25) is 0 Å². The lowest BCUT2D eigenvalue weighted by Crippen LogP contribution is -2.49. The van der Waals surface area contributed by atoms with E-state index in [2.05, 4.69) is 53.6 Å². The molecule has 1 atom stereocenters. The average Bonchev–Trinajstić information content (AvgIpc) is 3.18. The molecule has 1 aromatic rings. The molecular formula is C18H28N4O. The average molecular weight is 316 g/mol. The van der Waals surface area contributed by atoms with Gasteiger partial charge in [-0.3, -0.25) is 4.99 Å². The third-order valence-corrected chi connectivity index (χ3v) is 5.18. The van der Waals surface area contributed by atoms with Gasteiger partial charge in [-0.2, -0.15) is 0 Å². The minimum atomic E-state index is 0.0276. The second kappa shape index (κ2) is 6.89. The van der Waals surface area contributed by atoms with Gasteiger partial charge in [0.05, 0.1) is 12.6 Å². The Morgan fingerprint density at radius 2 is 2.04 bits per heavy atom. The molecule has 1 heterocycles. The first-order valence-electron chi connectivity index (χ1n) is 8.49. The number of hydrogen-bond donors (Lipinski definition) is 2. The summed E-state index contributed by atoms with van der Waals surface area (Å²) in [4.78, 5) is 6.93. The van der Waals surface area contributed by atoms with Crippen molar-refractivity contribution in [1.29, 1.82) is 0 Å². The van der Waals surface area contributed by atoms with Crippen LogP contribution in [0.4, 0.5) is 0 Å². The zero-order valence-electron chi connectivity index (χ0n) is 14.2. The number of likely N-dealkylation sites (N-methyl/N-ethyl adjacent to an activating group) is 1. The van der Waals surface area contributed by atoms with Crippen LogP contribution in [0.1, 0.15) is 24.0 Å². The molecule has 1 aliphatic carbocycles. The van der Waals surface area contributed by atoms with E-state index in [0.717, 1.165) is 38.8 Å². The Bertz CT molecular complexity index is 539. The maximum Gasteiger partial charge on any atom is 0.188 e. The summed E-state index contributed by atoms with van der Waals surface area (Å²) in [5.41, 5.74) is 8.95. The van der Waals surface area contributed by atoms with Crippen molar-refractivity contribution in [3.05, 3.63) is 35.4 Å². The maximum atomic E-state index is 6.06. The summed E-state index contributed by atoms with van der Waals surface area (Å²) < 4.78 is 5.60. The van der Waals surface area contributed by atoms with E-state index in [9.17, 15) is 0 Å². The number of guanidine groups is 1. The van der Waals surface area contributed by atoms with Crippen LogP contribution < -0.4 is 11.1 Å². The zero-order valence-corrected chi connectivity index (χ0v) is 14.2. The van der Waals surface area contributed by atoms with E-state index in [1.807, 2.05) is 0 Å². The SMILES string of the molecule is CN(C)C1(CN=C(N)NCC2CCCO2)Cc2ccccc2C1. The lowest BCUT2D eigenvalue weighted by atomic mass is 9.94. The lowest BCUT2D eigenvalue weighted by molar-refractivity contribution is 0.114. The highest BCUT2D eigenvalue weighted by Gasteiger charge is 2.38. The van der Waals surface area contributed by atoms with E-state index < -0.39 is 0 Å². The molecule has 5 heteroatoms. The molecule has 1 fully saturated rings. The second-order valence-corrected chi connectivity index (χ2v) is 6.96. The highest BCUT2D eigenvalue weighted by molar-refractivity contribution is 5.77. The number of benzene rings is 1. The standard InChI is InChI=1S/C18H28N4O/c1-22(2)18(10-14-6-3-4-7-15(14)11-18)13-21-17(19)20-12-16-8-5-9-23-16/h3-4,6-7,16H,5,8-13H2,1-2H3,(H3,19,20,21). The van der Waals surface area contributed by atoms with Crippen LogP contribution in [0, 0.1) is 0 Å². The number of fused-ring (bicyclic) bond motifs is 1. The normalized spacial score (nSPS) is 23.3. The lowest BCUT2D eigenvalue weighted by Gasteiger charge is -2.35. The molecule has 3 N–H and O–H groups in total. The zero-order chi connectivity index (χ0) is 16.3. The molecule has 0 radical (unpaired) electrons. The summed E-state index contributed by atoms with van der Waals surface area (Å²) in [6.07, 6.45) is 4.59. The molecule has 0 spiro atoms. The summed E-state index contributed by atoms with van der Waals surface area (Å²) in [5, 5.41) is 3.21. The second-order valence-electron chi connectivity index (χ2n) is 6.96. The van der Waals surface area contributed by atoms with Gasteiger partial charge in [-0.15, -0.1) is 0 Å². The molecule has 5 nitrogen and oxygen atoms in total. The van der Waals surface area contributed by atoms with Crippen LogP contribution in [0.25, 0.3) is 0 Å². The van der Waals surface area contributed by atoms with Gasteiger partial charge in [0.15, 0.2) is 5.96 Å². The molecular weight excluding hydrogens is 288 g/mol. The summed E-state index contributed by atoms with van der Waals surface area (Å²) in [7, 11) is 4.27. The van der Waals surface area contributed by atoms with E-state index in [1.54, 1.807) is 0 Å². The van der Waals surface area contributed by atoms with Crippen molar-refractivity contribution in [3.63, 3.8) is 0 Å².